The van der Waals surface area contributed by atoms with E-state index in [0.717, 1.165) is 19.4 Å². The molecule has 1 amide bonds. The largest absolute Gasteiger partial charge is 0.465 e. The van der Waals surface area contributed by atoms with E-state index in [1.165, 1.54) is 7.11 Å². The van der Waals surface area contributed by atoms with E-state index in [1.807, 2.05) is 0 Å². The predicted molar refractivity (Wildman–Crippen MR) is 74.6 cm³/mol. The van der Waals surface area contributed by atoms with E-state index < -0.39 is 5.97 Å². The second-order valence-corrected chi connectivity index (χ2v) is 4.76. The van der Waals surface area contributed by atoms with Gasteiger partial charge in [0.1, 0.15) is 0 Å². The zero-order valence-electron chi connectivity index (χ0n) is 11.6. The first-order valence-corrected chi connectivity index (χ1v) is 6.79. The zero-order chi connectivity index (χ0) is 14.4. The fourth-order valence-corrected chi connectivity index (χ4v) is 2.26. The number of methoxy groups -OCH3 is 1. The number of benzene rings is 1. The lowest BCUT2D eigenvalue weighted by atomic mass is 10.1. The summed E-state index contributed by atoms with van der Waals surface area (Å²) in [6.07, 6.45) is 3.38. The van der Waals surface area contributed by atoms with E-state index in [4.69, 9.17) is 4.74 Å². The Balaban J connectivity index is 1.91. The molecule has 0 spiro atoms. The zero-order valence-corrected chi connectivity index (χ0v) is 11.6. The Morgan fingerprint density at radius 3 is 2.90 bits per heavy atom. The summed E-state index contributed by atoms with van der Waals surface area (Å²) in [5.74, 6) is -0.572. The van der Waals surface area contributed by atoms with E-state index in [2.05, 4.69) is 10.1 Å². The highest BCUT2D eigenvalue weighted by molar-refractivity contribution is 6.01. The third-order valence-corrected chi connectivity index (χ3v) is 3.32. The molecule has 1 atom stereocenters. The molecular weight excluding hydrogens is 258 g/mol. The van der Waals surface area contributed by atoms with Gasteiger partial charge in [-0.2, -0.15) is 0 Å². The highest BCUT2D eigenvalue weighted by atomic mass is 16.5. The fraction of sp³-hybridized carbons (Fsp3) is 0.467. The number of rotatable bonds is 5. The molecule has 1 aliphatic rings. The van der Waals surface area contributed by atoms with Crippen LogP contribution in [0.3, 0.4) is 0 Å². The molecular formula is C15H19NO4. The van der Waals surface area contributed by atoms with Crippen molar-refractivity contribution in [2.45, 2.75) is 31.8 Å². The van der Waals surface area contributed by atoms with Crippen molar-refractivity contribution < 1.29 is 19.1 Å². The van der Waals surface area contributed by atoms with Crippen LogP contribution in [-0.2, 0) is 14.3 Å². The van der Waals surface area contributed by atoms with E-state index in [9.17, 15) is 9.59 Å². The molecule has 5 heteroatoms. The van der Waals surface area contributed by atoms with Gasteiger partial charge in [-0.05, 0) is 31.4 Å². The number of para-hydroxylation sites is 1. The maximum atomic E-state index is 11.9. The van der Waals surface area contributed by atoms with Crippen molar-refractivity contribution in [2.75, 3.05) is 19.0 Å². The van der Waals surface area contributed by atoms with Crippen LogP contribution in [0.2, 0.25) is 0 Å². The first-order chi connectivity index (χ1) is 9.70. The van der Waals surface area contributed by atoms with Crippen molar-refractivity contribution in [1.82, 2.24) is 0 Å². The van der Waals surface area contributed by atoms with E-state index in [1.54, 1.807) is 24.3 Å². The first-order valence-electron chi connectivity index (χ1n) is 6.79. The second-order valence-electron chi connectivity index (χ2n) is 4.76. The van der Waals surface area contributed by atoms with Gasteiger partial charge in [0.05, 0.1) is 24.5 Å². The topological polar surface area (TPSA) is 64.6 Å². The molecule has 1 aromatic rings. The number of hydrogen-bond acceptors (Lipinski definition) is 4. The lowest BCUT2D eigenvalue weighted by molar-refractivity contribution is -0.116. The Morgan fingerprint density at radius 2 is 2.20 bits per heavy atom. The molecule has 1 aromatic carbocycles. The van der Waals surface area contributed by atoms with Crippen LogP contribution in [0.15, 0.2) is 24.3 Å². The summed E-state index contributed by atoms with van der Waals surface area (Å²) in [6, 6.07) is 6.81. The summed E-state index contributed by atoms with van der Waals surface area (Å²) in [4.78, 5) is 23.5. The Morgan fingerprint density at radius 1 is 1.40 bits per heavy atom. The highest BCUT2D eigenvalue weighted by Gasteiger charge is 2.18. The molecule has 0 saturated carbocycles. The van der Waals surface area contributed by atoms with Crippen molar-refractivity contribution >= 4 is 17.6 Å². The van der Waals surface area contributed by atoms with Gasteiger partial charge in [0.25, 0.3) is 0 Å². The average Bonchev–Trinajstić information content (AvgIpc) is 2.98. The van der Waals surface area contributed by atoms with E-state index >= 15 is 0 Å². The Hall–Kier alpha value is -1.88. The van der Waals surface area contributed by atoms with Gasteiger partial charge in [-0.25, -0.2) is 4.79 Å². The maximum absolute atomic E-state index is 11.9. The van der Waals surface area contributed by atoms with Crippen LogP contribution in [0.4, 0.5) is 5.69 Å². The number of esters is 1. The minimum atomic E-state index is -0.458. The van der Waals surface area contributed by atoms with Crippen LogP contribution in [-0.4, -0.2) is 31.7 Å². The van der Waals surface area contributed by atoms with Gasteiger partial charge in [-0.15, -0.1) is 0 Å². The molecule has 0 bridgehead atoms. The van der Waals surface area contributed by atoms with E-state index in [0.29, 0.717) is 24.1 Å². The summed E-state index contributed by atoms with van der Waals surface area (Å²) < 4.78 is 10.2. The molecule has 2 rings (SSSR count). The number of amides is 1. The molecule has 1 heterocycles. The smallest absolute Gasteiger partial charge is 0.339 e. The third-order valence-electron chi connectivity index (χ3n) is 3.32. The second kappa shape index (κ2) is 7.05. The summed E-state index contributed by atoms with van der Waals surface area (Å²) >= 11 is 0. The molecule has 1 N–H and O–H groups in total. The van der Waals surface area contributed by atoms with Crippen LogP contribution >= 0.6 is 0 Å². The van der Waals surface area contributed by atoms with Crippen LogP contribution in [0.25, 0.3) is 0 Å². The lowest BCUT2D eigenvalue weighted by Crippen LogP contribution is -2.17. The van der Waals surface area contributed by atoms with E-state index in [-0.39, 0.29) is 12.0 Å². The number of anilines is 1. The number of ether oxygens (including phenoxy) is 2. The summed E-state index contributed by atoms with van der Waals surface area (Å²) in [7, 11) is 1.32. The molecule has 5 nitrogen and oxygen atoms in total. The first kappa shape index (κ1) is 14.5. The Labute approximate surface area is 118 Å². The molecule has 1 fully saturated rings. The summed E-state index contributed by atoms with van der Waals surface area (Å²) in [5.41, 5.74) is 0.845. The minimum absolute atomic E-state index is 0.114. The standard InChI is InChI=1S/C15H19NO4/c1-19-15(18)12-6-2-3-7-13(12)16-14(17)9-8-11-5-4-10-20-11/h2-3,6-7,11H,4-5,8-10H2,1H3,(H,16,17). The quantitative estimate of drug-likeness (QED) is 0.839. The van der Waals surface area contributed by atoms with Crippen LogP contribution < -0.4 is 5.32 Å². The van der Waals surface area contributed by atoms with Gasteiger partial charge >= 0.3 is 5.97 Å². The molecule has 108 valence electrons. The van der Waals surface area contributed by atoms with Crippen molar-refractivity contribution in [2.24, 2.45) is 0 Å². The molecule has 0 aromatic heterocycles. The van der Waals surface area contributed by atoms with Gasteiger partial charge in [-0.1, -0.05) is 12.1 Å². The number of nitrogens with one attached hydrogen (secondary N) is 1. The van der Waals surface area contributed by atoms with Gasteiger partial charge < -0.3 is 14.8 Å². The highest BCUT2D eigenvalue weighted by Crippen LogP contribution is 2.19. The molecule has 1 aliphatic heterocycles. The van der Waals surface area contributed by atoms with Crippen molar-refractivity contribution in [3.05, 3.63) is 29.8 Å². The molecule has 0 aliphatic carbocycles. The van der Waals surface area contributed by atoms with Crippen LogP contribution in [0.5, 0.6) is 0 Å². The normalized spacial score (nSPS) is 17.8. The number of carbonyl (C=O) groups is 2. The Kier molecular flexibility index (Phi) is 5.12. The van der Waals surface area contributed by atoms with Gasteiger partial charge in [0, 0.05) is 13.0 Å². The van der Waals surface area contributed by atoms with Crippen molar-refractivity contribution in [1.29, 1.82) is 0 Å². The monoisotopic (exact) mass is 277 g/mol. The van der Waals surface area contributed by atoms with Crippen molar-refractivity contribution in [3.8, 4) is 0 Å². The SMILES string of the molecule is COC(=O)c1ccccc1NC(=O)CCC1CCCO1. The summed E-state index contributed by atoms with van der Waals surface area (Å²) in [6.45, 7) is 0.789. The van der Waals surface area contributed by atoms with Gasteiger partial charge in [0.15, 0.2) is 0 Å². The molecule has 0 radical (unpaired) electrons. The molecule has 1 unspecified atom stereocenters. The van der Waals surface area contributed by atoms with Gasteiger partial charge in [-0.3, -0.25) is 4.79 Å². The van der Waals surface area contributed by atoms with Crippen molar-refractivity contribution in [3.63, 3.8) is 0 Å². The minimum Gasteiger partial charge on any atom is -0.465 e. The van der Waals surface area contributed by atoms with Crippen LogP contribution in [0.1, 0.15) is 36.0 Å². The average molecular weight is 277 g/mol. The van der Waals surface area contributed by atoms with Gasteiger partial charge in [0.2, 0.25) is 5.91 Å². The molecule has 1 saturated heterocycles. The van der Waals surface area contributed by atoms with Crippen LogP contribution in [0, 0.1) is 0 Å². The summed E-state index contributed by atoms with van der Waals surface area (Å²) in [5, 5.41) is 2.75. The lowest BCUT2D eigenvalue weighted by Gasteiger charge is -2.11. The predicted octanol–water partition coefficient (Wildman–Crippen LogP) is 2.37. The molecule has 20 heavy (non-hydrogen) atoms. The third kappa shape index (κ3) is 3.81. The Bertz CT molecular complexity index is 481. The number of hydrogen-bond donors (Lipinski definition) is 1. The maximum Gasteiger partial charge on any atom is 0.339 e. The number of carbonyl (C=O) groups excluding carboxylic acids is 2. The fourth-order valence-electron chi connectivity index (χ4n) is 2.26.